The van der Waals surface area contributed by atoms with Gasteiger partial charge in [0.1, 0.15) is 0 Å². The highest BCUT2D eigenvalue weighted by molar-refractivity contribution is 5.93. The second-order valence-electron chi connectivity index (χ2n) is 23.5. The topological polar surface area (TPSA) is 3.24 Å². The molecule has 3 aliphatic carbocycles. The highest BCUT2D eigenvalue weighted by Gasteiger charge is 2.47. The third-order valence-corrected chi connectivity index (χ3v) is 17.5. The molecule has 0 N–H and O–H groups in total. The van der Waals surface area contributed by atoms with Gasteiger partial charge in [-0.3, -0.25) is 0 Å². The van der Waals surface area contributed by atoms with E-state index in [0.29, 0.717) is 0 Å². The molecule has 3 aliphatic rings. The van der Waals surface area contributed by atoms with Crippen molar-refractivity contribution in [1.82, 2.24) is 0 Å². The van der Waals surface area contributed by atoms with Gasteiger partial charge in [-0.1, -0.05) is 242 Å². The van der Waals surface area contributed by atoms with Crippen molar-refractivity contribution in [3.63, 3.8) is 0 Å². The maximum absolute atomic E-state index is 2.54. The lowest BCUT2D eigenvalue weighted by Crippen LogP contribution is -2.29. The Labute approximate surface area is 438 Å². The molecule has 360 valence electrons. The minimum Gasteiger partial charge on any atom is -0.310 e. The Bertz CT molecular complexity index is 3610. The minimum atomic E-state index is -0.546. The van der Waals surface area contributed by atoms with E-state index in [4.69, 9.17) is 0 Å². The smallest absolute Gasteiger partial charge is 0.0713 e. The fourth-order valence-electron chi connectivity index (χ4n) is 13.5. The molecule has 0 bridgehead atoms. The third kappa shape index (κ3) is 6.61. The second-order valence-corrected chi connectivity index (χ2v) is 23.5. The van der Waals surface area contributed by atoms with Crippen molar-refractivity contribution in [1.29, 1.82) is 0 Å². The number of benzene rings is 10. The maximum Gasteiger partial charge on any atom is 0.0713 e. The number of anilines is 3. The summed E-state index contributed by atoms with van der Waals surface area (Å²) in [7, 11) is 0. The van der Waals surface area contributed by atoms with Crippen molar-refractivity contribution in [2.24, 2.45) is 0 Å². The van der Waals surface area contributed by atoms with Gasteiger partial charge in [0.25, 0.3) is 0 Å². The molecule has 0 saturated carbocycles. The van der Waals surface area contributed by atoms with Crippen LogP contribution < -0.4 is 4.90 Å². The van der Waals surface area contributed by atoms with E-state index in [0.717, 1.165) is 17.1 Å². The maximum atomic E-state index is 2.54. The van der Waals surface area contributed by atoms with E-state index in [1.807, 2.05) is 0 Å². The number of rotatable bonds is 7. The van der Waals surface area contributed by atoms with Crippen molar-refractivity contribution in [2.75, 3.05) is 4.90 Å². The van der Waals surface area contributed by atoms with E-state index in [1.54, 1.807) is 0 Å². The van der Waals surface area contributed by atoms with Crippen molar-refractivity contribution < 1.29 is 0 Å². The Balaban J connectivity index is 1.07. The Hall–Kier alpha value is -8.00. The van der Waals surface area contributed by atoms with Crippen LogP contribution in [-0.2, 0) is 27.1 Å². The quantitative estimate of drug-likeness (QED) is 0.154. The lowest BCUT2D eigenvalue weighted by atomic mass is 9.67. The van der Waals surface area contributed by atoms with Gasteiger partial charge in [0.05, 0.1) is 5.41 Å². The molecule has 0 aromatic heterocycles. The standard InChI is InChI=1S/C73H63N/c1-69(2,3)48-31-35-52(36-32-48)73(53-37-33-49(34-38-53)70(4,5)6)65-30-20-17-27-59(65)62-45-54(41-44-66(62)73)74(55-39-42-60-57-25-15-18-28-63(57)71(7,67(60)46-55)50-21-11-9-12-22-50)56-40-43-61-58-26-16-19-29-64(58)72(8,68(61)47-56)51-23-13-10-14-24-51/h9-47H,1-8H3. The molecule has 1 nitrogen and oxygen atoms in total. The van der Waals surface area contributed by atoms with E-state index in [9.17, 15) is 0 Å². The molecule has 10 aromatic rings. The zero-order valence-electron chi connectivity index (χ0n) is 44.0. The predicted octanol–water partition coefficient (Wildman–Crippen LogP) is 18.8. The zero-order chi connectivity index (χ0) is 50.8. The van der Waals surface area contributed by atoms with Gasteiger partial charge in [-0.25, -0.2) is 0 Å². The summed E-state index contributed by atoms with van der Waals surface area (Å²) in [5.74, 6) is 0. The molecule has 0 saturated heterocycles. The lowest BCUT2D eigenvalue weighted by molar-refractivity contribution is 0.588. The predicted molar refractivity (Wildman–Crippen MR) is 311 cm³/mol. The van der Waals surface area contributed by atoms with Gasteiger partial charge >= 0.3 is 0 Å². The summed E-state index contributed by atoms with van der Waals surface area (Å²) < 4.78 is 0. The molecule has 0 aliphatic heterocycles. The van der Waals surface area contributed by atoms with Gasteiger partial charge in [-0.2, -0.15) is 0 Å². The Morgan fingerprint density at radius 3 is 1.04 bits per heavy atom. The van der Waals surface area contributed by atoms with Crippen molar-refractivity contribution >= 4 is 17.1 Å². The molecule has 0 fully saturated rings. The van der Waals surface area contributed by atoms with Gasteiger partial charge in [0.2, 0.25) is 0 Å². The number of hydrogen-bond acceptors (Lipinski definition) is 1. The van der Waals surface area contributed by atoms with Crippen LogP contribution in [0.1, 0.15) is 122 Å². The fraction of sp³-hybridized carbons (Fsp3) is 0.178. The summed E-state index contributed by atoms with van der Waals surface area (Å²) >= 11 is 0. The summed E-state index contributed by atoms with van der Waals surface area (Å²) in [6, 6.07) is 90.4. The Morgan fingerprint density at radius 1 is 0.270 bits per heavy atom. The first-order valence-corrected chi connectivity index (χ1v) is 26.6. The molecule has 2 atom stereocenters. The Kier molecular flexibility index (Phi) is 10.2. The van der Waals surface area contributed by atoms with Crippen LogP contribution in [0.5, 0.6) is 0 Å². The summed E-state index contributed by atoms with van der Waals surface area (Å²) in [5, 5.41) is 0. The lowest BCUT2D eigenvalue weighted by Gasteiger charge is -2.35. The van der Waals surface area contributed by atoms with Gasteiger partial charge in [-0.05, 0) is 161 Å². The van der Waals surface area contributed by atoms with Crippen LogP contribution in [0.4, 0.5) is 17.1 Å². The first-order chi connectivity index (χ1) is 35.7. The molecule has 10 aromatic carbocycles. The summed E-state index contributed by atoms with van der Waals surface area (Å²) in [6.45, 7) is 18.7. The molecule has 1 heteroatoms. The number of nitrogens with zero attached hydrogens (tertiary/aromatic N) is 1. The van der Waals surface area contributed by atoms with Crippen LogP contribution >= 0.6 is 0 Å². The van der Waals surface area contributed by atoms with Crippen molar-refractivity contribution in [3.8, 4) is 33.4 Å². The summed E-state index contributed by atoms with van der Waals surface area (Å²) in [5.41, 5.74) is 25.6. The van der Waals surface area contributed by atoms with Crippen molar-refractivity contribution in [3.05, 3.63) is 303 Å². The first-order valence-electron chi connectivity index (χ1n) is 26.6. The monoisotopic (exact) mass is 953 g/mol. The molecule has 74 heavy (non-hydrogen) atoms. The Morgan fingerprint density at radius 2 is 0.608 bits per heavy atom. The largest absolute Gasteiger partial charge is 0.310 e. The fourth-order valence-corrected chi connectivity index (χ4v) is 13.5. The van der Waals surface area contributed by atoms with Crippen LogP contribution in [0.25, 0.3) is 33.4 Å². The van der Waals surface area contributed by atoms with Crippen molar-refractivity contribution in [2.45, 2.75) is 82.5 Å². The van der Waals surface area contributed by atoms with Gasteiger partial charge in [0.15, 0.2) is 0 Å². The van der Waals surface area contributed by atoms with E-state index in [1.165, 1.54) is 100 Å². The molecule has 0 radical (unpaired) electrons. The van der Waals surface area contributed by atoms with Gasteiger partial charge in [0, 0.05) is 27.9 Å². The molecule has 0 spiro atoms. The third-order valence-electron chi connectivity index (χ3n) is 17.5. The number of hydrogen-bond donors (Lipinski definition) is 0. The molecular weight excluding hydrogens is 891 g/mol. The summed E-state index contributed by atoms with van der Waals surface area (Å²) in [6.07, 6.45) is 0. The van der Waals surface area contributed by atoms with Gasteiger partial charge < -0.3 is 4.90 Å². The number of fused-ring (bicyclic) bond motifs is 9. The average Bonchev–Trinajstić information content (AvgIpc) is 4.00. The minimum absolute atomic E-state index is 0.0294. The molecule has 0 heterocycles. The molecule has 2 unspecified atom stereocenters. The van der Waals surface area contributed by atoms with Crippen LogP contribution in [0.15, 0.2) is 237 Å². The summed E-state index contributed by atoms with van der Waals surface area (Å²) in [4.78, 5) is 2.54. The second kappa shape index (κ2) is 16.5. The van der Waals surface area contributed by atoms with Crippen LogP contribution in [0.3, 0.4) is 0 Å². The van der Waals surface area contributed by atoms with Crippen LogP contribution in [0.2, 0.25) is 0 Å². The van der Waals surface area contributed by atoms with Crippen LogP contribution in [-0.4, -0.2) is 0 Å². The van der Waals surface area contributed by atoms with E-state index in [-0.39, 0.29) is 21.7 Å². The van der Waals surface area contributed by atoms with E-state index in [2.05, 4.69) is 297 Å². The zero-order valence-corrected chi connectivity index (χ0v) is 44.0. The van der Waals surface area contributed by atoms with Crippen LogP contribution in [0, 0.1) is 0 Å². The molecule has 0 amide bonds. The van der Waals surface area contributed by atoms with E-state index >= 15 is 0 Å². The molecule has 13 rings (SSSR count). The SMILES string of the molecule is CC(C)(C)c1ccc(C2(c3ccc(C(C)(C)C)cc3)c3ccccc3-c3cc(N(c4ccc5c(c4)C(C)(c4ccccc4)c4ccccc4-5)c4ccc5c(c4)C(C)(c4ccccc4)c4ccccc4-5)ccc32)cc1. The highest BCUT2D eigenvalue weighted by Crippen LogP contribution is 2.60. The highest BCUT2D eigenvalue weighted by atomic mass is 15.1. The molecular formula is C73H63N. The first kappa shape index (κ1) is 45.8. The van der Waals surface area contributed by atoms with Gasteiger partial charge in [-0.15, -0.1) is 0 Å². The van der Waals surface area contributed by atoms with E-state index < -0.39 is 5.41 Å². The normalized spacial score (nSPS) is 17.7. The average molecular weight is 954 g/mol.